The first-order valence-electron chi connectivity index (χ1n) is 5.07. The summed E-state index contributed by atoms with van der Waals surface area (Å²) in [6, 6.07) is 15.0. The molecule has 0 aliphatic heterocycles. The Labute approximate surface area is 109 Å². The molecule has 0 unspecified atom stereocenters. The standard InChI is InChI=1S/C13H10N2O.BrH/c16-10-6-7-11-12(8-10)15-13(14-11)9-4-2-1-3-5-9;/h1-8,16H,(H,14,15);1H. The van der Waals surface area contributed by atoms with Gasteiger partial charge in [-0.05, 0) is 12.1 Å². The van der Waals surface area contributed by atoms with Gasteiger partial charge in [-0.2, -0.15) is 0 Å². The zero-order valence-corrected chi connectivity index (χ0v) is 10.6. The van der Waals surface area contributed by atoms with Gasteiger partial charge in [0.25, 0.3) is 0 Å². The van der Waals surface area contributed by atoms with Crippen molar-refractivity contribution in [1.29, 1.82) is 0 Å². The summed E-state index contributed by atoms with van der Waals surface area (Å²) < 4.78 is 0. The number of nitrogens with one attached hydrogen (secondary N) is 1. The summed E-state index contributed by atoms with van der Waals surface area (Å²) >= 11 is 0. The van der Waals surface area contributed by atoms with Gasteiger partial charge in [0.15, 0.2) is 0 Å². The molecule has 17 heavy (non-hydrogen) atoms. The van der Waals surface area contributed by atoms with E-state index in [1.54, 1.807) is 18.2 Å². The molecule has 86 valence electrons. The predicted octanol–water partition coefficient (Wildman–Crippen LogP) is 3.51. The summed E-state index contributed by atoms with van der Waals surface area (Å²) in [6.07, 6.45) is 0. The number of aromatic amines is 1. The third kappa shape index (κ3) is 2.17. The minimum Gasteiger partial charge on any atom is -0.508 e. The molecule has 0 spiro atoms. The van der Waals surface area contributed by atoms with Crippen molar-refractivity contribution in [1.82, 2.24) is 9.97 Å². The van der Waals surface area contributed by atoms with Crippen LogP contribution < -0.4 is 0 Å². The van der Waals surface area contributed by atoms with Crippen molar-refractivity contribution in [2.45, 2.75) is 0 Å². The normalized spacial score (nSPS) is 10.1. The van der Waals surface area contributed by atoms with E-state index in [0.717, 1.165) is 22.4 Å². The third-order valence-corrected chi connectivity index (χ3v) is 2.51. The number of phenolic OH excluding ortho intramolecular Hbond substituents is 1. The van der Waals surface area contributed by atoms with E-state index in [4.69, 9.17) is 0 Å². The molecule has 1 heterocycles. The molecule has 1 aromatic heterocycles. The number of aromatic hydroxyl groups is 1. The number of nitrogens with zero attached hydrogens (tertiary/aromatic N) is 1. The highest BCUT2D eigenvalue weighted by Gasteiger charge is 2.04. The lowest BCUT2D eigenvalue weighted by atomic mass is 10.2. The predicted molar refractivity (Wildman–Crippen MR) is 73.5 cm³/mol. The van der Waals surface area contributed by atoms with E-state index in [-0.39, 0.29) is 22.7 Å². The number of fused-ring (bicyclic) bond motifs is 1. The smallest absolute Gasteiger partial charge is 0.138 e. The van der Waals surface area contributed by atoms with Crippen molar-refractivity contribution in [3.63, 3.8) is 0 Å². The van der Waals surface area contributed by atoms with Crippen LogP contribution in [-0.2, 0) is 0 Å². The Morgan fingerprint density at radius 2 is 1.76 bits per heavy atom. The average molecular weight is 291 g/mol. The monoisotopic (exact) mass is 290 g/mol. The Morgan fingerprint density at radius 3 is 2.53 bits per heavy atom. The van der Waals surface area contributed by atoms with E-state index in [1.807, 2.05) is 30.3 Å². The van der Waals surface area contributed by atoms with Crippen LogP contribution in [0.3, 0.4) is 0 Å². The maximum Gasteiger partial charge on any atom is 0.138 e. The minimum absolute atomic E-state index is 0. The van der Waals surface area contributed by atoms with Crippen molar-refractivity contribution in [3.8, 4) is 17.1 Å². The topological polar surface area (TPSA) is 48.9 Å². The van der Waals surface area contributed by atoms with Gasteiger partial charge < -0.3 is 10.1 Å². The summed E-state index contributed by atoms with van der Waals surface area (Å²) in [6.45, 7) is 0. The Kier molecular flexibility index (Phi) is 3.15. The van der Waals surface area contributed by atoms with Crippen LogP contribution in [0.2, 0.25) is 0 Å². The van der Waals surface area contributed by atoms with Crippen LogP contribution in [0.1, 0.15) is 0 Å². The molecule has 3 rings (SSSR count). The van der Waals surface area contributed by atoms with Crippen LogP contribution >= 0.6 is 17.0 Å². The largest absolute Gasteiger partial charge is 0.508 e. The molecule has 0 aliphatic rings. The van der Waals surface area contributed by atoms with E-state index in [2.05, 4.69) is 9.97 Å². The first kappa shape index (κ1) is 11.7. The zero-order valence-electron chi connectivity index (χ0n) is 8.92. The first-order chi connectivity index (χ1) is 7.83. The highest BCUT2D eigenvalue weighted by Crippen LogP contribution is 2.22. The maximum absolute atomic E-state index is 9.36. The lowest BCUT2D eigenvalue weighted by molar-refractivity contribution is 0.476. The SMILES string of the molecule is Br.Oc1ccc2nc(-c3ccccc3)[nH]c2c1. The average Bonchev–Trinajstić information content (AvgIpc) is 2.73. The van der Waals surface area contributed by atoms with Crippen molar-refractivity contribution >= 4 is 28.0 Å². The Hall–Kier alpha value is -1.81. The van der Waals surface area contributed by atoms with Gasteiger partial charge in [0, 0.05) is 11.6 Å². The van der Waals surface area contributed by atoms with E-state index in [0.29, 0.717) is 0 Å². The van der Waals surface area contributed by atoms with Gasteiger partial charge in [-0.1, -0.05) is 30.3 Å². The Bertz CT molecular complexity index is 634. The number of hydrogen-bond donors (Lipinski definition) is 2. The van der Waals surface area contributed by atoms with Gasteiger partial charge in [0.05, 0.1) is 11.0 Å². The fourth-order valence-corrected chi connectivity index (χ4v) is 1.73. The fourth-order valence-electron chi connectivity index (χ4n) is 1.73. The van der Waals surface area contributed by atoms with Crippen LogP contribution in [0.5, 0.6) is 5.75 Å². The van der Waals surface area contributed by atoms with Crippen LogP contribution in [-0.4, -0.2) is 15.1 Å². The van der Waals surface area contributed by atoms with Crippen molar-refractivity contribution in [2.75, 3.05) is 0 Å². The molecule has 4 heteroatoms. The second kappa shape index (κ2) is 4.59. The number of phenols is 1. The molecule has 2 N–H and O–H groups in total. The van der Waals surface area contributed by atoms with Crippen molar-refractivity contribution in [2.24, 2.45) is 0 Å². The summed E-state index contributed by atoms with van der Waals surface area (Å²) in [5.41, 5.74) is 2.74. The molecule has 0 atom stereocenters. The molecule has 0 aliphatic carbocycles. The summed E-state index contributed by atoms with van der Waals surface area (Å²) in [7, 11) is 0. The number of halogens is 1. The molecule has 3 aromatic rings. The third-order valence-electron chi connectivity index (χ3n) is 2.51. The molecule has 2 aromatic carbocycles. The lowest BCUT2D eigenvalue weighted by Gasteiger charge is -1.93. The number of benzene rings is 2. The fraction of sp³-hybridized carbons (Fsp3) is 0. The van der Waals surface area contributed by atoms with Gasteiger partial charge >= 0.3 is 0 Å². The van der Waals surface area contributed by atoms with Gasteiger partial charge in [-0.25, -0.2) is 4.98 Å². The van der Waals surface area contributed by atoms with E-state index in [9.17, 15) is 5.11 Å². The highest BCUT2D eigenvalue weighted by molar-refractivity contribution is 8.93. The second-order valence-corrected chi connectivity index (χ2v) is 3.65. The lowest BCUT2D eigenvalue weighted by Crippen LogP contribution is -1.77. The van der Waals surface area contributed by atoms with Gasteiger partial charge in [0.2, 0.25) is 0 Å². The number of aromatic nitrogens is 2. The second-order valence-electron chi connectivity index (χ2n) is 3.65. The quantitative estimate of drug-likeness (QED) is 0.720. The molecule has 0 amide bonds. The molecule has 0 fully saturated rings. The number of rotatable bonds is 1. The highest BCUT2D eigenvalue weighted by atomic mass is 79.9. The molecular weight excluding hydrogens is 280 g/mol. The Morgan fingerprint density at radius 1 is 1.00 bits per heavy atom. The zero-order chi connectivity index (χ0) is 11.0. The first-order valence-corrected chi connectivity index (χ1v) is 5.07. The molecular formula is C13H11BrN2O. The Balaban J connectivity index is 0.00000108. The van der Waals surface area contributed by atoms with Crippen LogP contribution in [0, 0.1) is 0 Å². The maximum atomic E-state index is 9.36. The van der Waals surface area contributed by atoms with E-state index in [1.165, 1.54) is 0 Å². The minimum atomic E-state index is 0. The van der Waals surface area contributed by atoms with E-state index < -0.39 is 0 Å². The number of H-pyrrole nitrogens is 1. The van der Waals surface area contributed by atoms with Gasteiger partial charge in [-0.3, -0.25) is 0 Å². The molecule has 0 saturated carbocycles. The van der Waals surface area contributed by atoms with E-state index >= 15 is 0 Å². The molecule has 0 bridgehead atoms. The van der Waals surface area contributed by atoms with Crippen molar-refractivity contribution < 1.29 is 5.11 Å². The molecule has 3 nitrogen and oxygen atoms in total. The van der Waals surface area contributed by atoms with Gasteiger partial charge in [-0.15, -0.1) is 17.0 Å². The molecule has 0 saturated heterocycles. The van der Waals surface area contributed by atoms with Gasteiger partial charge in [0.1, 0.15) is 11.6 Å². The summed E-state index contributed by atoms with van der Waals surface area (Å²) in [5, 5.41) is 9.36. The number of hydrogen-bond acceptors (Lipinski definition) is 2. The van der Waals surface area contributed by atoms with Crippen LogP contribution in [0.4, 0.5) is 0 Å². The van der Waals surface area contributed by atoms with Crippen LogP contribution in [0.25, 0.3) is 22.4 Å². The van der Waals surface area contributed by atoms with Crippen LogP contribution in [0.15, 0.2) is 48.5 Å². The summed E-state index contributed by atoms with van der Waals surface area (Å²) in [5.74, 6) is 1.07. The summed E-state index contributed by atoms with van der Waals surface area (Å²) in [4.78, 5) is 7.64. The van der Waals surface area contributed by atoms with Crippen molar-refractivity contribution in [3.05, 3.63) is 48.5 Å². The molecule has 0 radical (unpaired) electrons. The number of imidazole rings is 1.